The summed E-state index contributed by atoms with van der Waals surface area (Å²) in [5.74, 6) is 2.31. The number of carbonyl (C=O) groups excluding carboxylic acids is 1. The lowest BCUT2D eigenvalue weighted by atomic mass is 10.1. The molecule has 0 bridgehead atoms. The summed E-state index contributed by atoms with van der Waals surface area (Å²) in [6, 6.07) is 19.4. The van der Waals surface area contributed by atoms with Crippen molar-refractivity contribution in [3.63, 3.8) is 0 Å². The van der Waals surface area contributed by atoms with E-state index in [4.69, 9.17) is 9.47 Å². The highest BCUT2D eigenvalue weighted by Gasteiger charge is 2.16. The molecule has 1 heterocycles. The molecule has 3 aromatic rings. The van der Waals surface area contributed by atoms with Gasteiger partial charge < -0.3 is 14.4 Å². The predicted molar refractivity (Wildman–Crippen MR) is 110 cm³/mol. The first-order chi connectivity index (χ1) is 13.6. The van der Waals surface area contributed by atoms with E-state index in [0.717, 1.165) is 22.6 Å². The second-order valence-corrected chi connectivity index (χ2v) is 6.48. The van der Waals surface area contributed by atoms with Gasteiger partial charge in [0.15, 0.2) is 5.78 Å². The van der Waals surface area contributed by atoms with E-state index in [2.05, 4.69) is 9.88 Å². The predicted octanol–water partition coefficient (Wildman–Crippen LogP) is 4.51. The fourth-order valence-electron chi connectivity index (χ4n) is 3.03. The molecule has 28 heavy (non-hydrogen) atoms. The number of nitrogens with zero attached hydrogens (tertiary/aromatic N) is 2. The average molecular weight is 376 g/mol. The van der Waals surface area contributed by atoms with E-state index in [1.165, 1.54) is 0 Å². The van der Waals surface area contributed by atoms with Crippen molar-refractivity contribution in [1.29, 1.82) is 0 Å². The molecule has 0 aliphatic carbocycles. The van der Waals surface area contributed by atoms with Crippen LogP contribution in [-0.4, -0.2) is 25.0 Å². The molecule has 0 saturated carbocycles. The molecule has 0 radical (unpaired) electrons. The largest absolute Gasteiger partial charge is 0.497 e. The molecule has 5 heteroatoms. The Hall–Kier alpha value is -3.34. The maximum absolute atomic E-state index is 12.1. The van der Waals surface area contributed by atoms with Gasteiger partial charge in [0, 0.05) is 19.3 Å². The molecule has 0 atom stereocenters. The Kier molecular flexibility index (Phi) is 6.27. The lowest BCUT2D eigenvalue weighted by Crippen LogP contribution is -2.25. The number of hydrogen-bond acceptors (Lipinski definition) is 5. The Morgan fingerprint density at radius 2 is 1.36 bits per heavy atom. The Balaban J connectivity index is 1.93. The second-order valence-electron chi connectivity index (χ2n) is 6.48. The van der Waals surface area contributed by atoms with Crippen LogP contribution in [-0.2, 0) is 13.1 Å². The Morgan fingerprint density at radius 3 is 1.79 bits per heavy atom. The summed E-state index contributed by atoms with van der Waals surface area (Å²) in [4.78, 5) is 18.8. The fraction of sp³-hybridized carbons (Fsp3) is 0.217. The normalized spacial score (nSPS) is 10.4. The Labute approximate surface area is 165 Å². The van der Waals surface area contributed by atoms with Crippen molar-refractivity contribution in [3.05, 3.63) is 83.6 Å². The maximum Gasteiger partial charge on any atom is 0.163 e. The van der Waals surface area contributed by atoms with Crippen LogP contribution in [0.4, 0.5) is 5.82 Å². The molecule has 2 aromatic carbocycles. The number of carbonyl (C=O) groups is 1. The van der Waals surface area contributed by atoms with Crippen LogP contribution in [0.5, 0.6) is 11.5 Å². The van der Waals surface area contributed by atoms with Gasteiger partial charge in [0.2, 0.25) is 0 Å². The van der Waals surface area contributed by atoms with Crippen molar-refractivity contribution in [1.82, 2.24) is 4.98 Å². The lowest BCUT2D eigenvalue weighted by Gasteiger charge is -2.26. The summed E-state index contributed by atoms with van der Waals surface area (Å²) in [6.45, 7) is 2.81. The zero-order valence-corrected chi connectivity index (χ0v) is 16.4. The third-order valence-electron chi connectivity index (χ3n) is 4.53. The lowest BCUT2D eigenvalue weighted by molar-refractivity contribution is 0.101. The van der Waals surface area contributed by atoms with Crippen LogP contribution in [0.2, 0.25) is 0 Å². The summed E-state index contributed by atoms with van der Waals surface area (Å²) in [5, 5.41) is 0. The molecule has 0 aliphatic heterocycles. The monoisotopic (exact) mass is 376 g/mol. The van der Waals surface area contributed by atoms with Crippen molar-refractivity contribution in [3.8, 4) is 11.5 Å². The van der Waals surface area contributed by atoms with E-state index in [1.807, 2.05) is 54.6 Å². The van der Waals surface area contributed by atoms with Crippen LogP contribution < -0.4 is 14.4 Å². The molecule has 0 unspecified atom stereocenters. The summed E-state index contributed by atoms with van der Waals surface area (Å²) < 4.78 is 10.5. The Bertz CT molecular complexity index is 872. The third-order valence-corrected chi connectivity index (χ3v) is 4.53. The minimum Gasteiger partial charge on any atom is -0.497 e. The molecule has 0 amide bonds. The van der Waals surface area contributed by atoms with Crippen molar-refractivity contribution in [2.24, 2.45) is 0 Å². The summed E-state index contributed by atoms with van der Waals surface area (Å²) in [7, 11) is 3.30. The molecular weight excluding hydrogens is 352 g/mol. The van der Waals surface area contributed by atoms with Crippen LogP contribution in [0.15, 0.2) is 66.9 Å². The van der Waals surface area contributed by atoms with Crippen LogP contribution in [0, 0.1) is 0 Å². The number of aromatic nitrogens is 1. The van der Waals surface area contributed by atoms with Crippen LogP contribution in [0.25, 0.3) is 0 Å². The van der Waals surface area contributed by atoms with E-state index in [1.54, 1.807) is 33.4 Å². The van der Waals surface area contributed by atoms with Gasteiger partial charge in [0.1, 0.15) is 17.3 Å². The first kappa shape index (κ1) is 19.4. The molecule has 0 fully saturated rings. The number of rotatable bonds is 8. The zero-order valence-electron chi connectivity index (χ0n) is 16.4. The minimum atomic E-state index is -0.00226. The molecule has 144 valence electrons. The summed E-state index contributed by atoms with van der Waals surface area (Å²) in [5.41, 5.74) is 2.83. The van der Waals surface area contributed by atoms with E-state index >= 15 is 0 Å². The SMILES string of the molecule is COc1ccc(CN(Cc2ccc(OC)cc2)c2ncccc2C(C)=O)cc1. The van der Waals surface area contributed by atoms with Crippen LogP contribution in [0.1, 0.15) is 28.4 Å². The molecule has 3 rings (SSSR count). The number of pyridine rings is 1. The number of Topliss-reactive ketones (excluding diaryl/α,β-unsaturated/α-hetero) is 1. The summed E-state index contributed by atoms with van der Waals surface area (Å²) in [6.07, 6.45) is 1.72. The number of anilines is 1. The van der Waals surface area contributed by atoms with Gasteiger partial charge in [-0.15, -0.1) is 0 Å². The average Bonchev–Trinajstić information content (AvgIpc) is 2.74. The van der Waals surface area contributed by atoms with E-state index < -0.39 is 0 Å². The smallest absolute Gasteiger partial charge is 0.163 e. The van der Waals surface area contributed by atoms with Crippen molar-refractivity contribution < 1.29 is 14.3 Å². The van der Waals surface area contributed by atoms with Crippen molar-refractivity contribution in [2.45, 2.75) is 20.0 Å². The van der Waals surface area contributed by atoms with E-state index in [-0.39, 0.29) is 5.78 Å². The zero-order chi connectivity index (χ0) is 19.9. The molecule has 0 N–H and O–H groups in total. The van der Waals surface area contributed by atoms with Gasteiger partial charge in [-0.05, 0) is 54.4 Å². The minimum absolute atomic E-state index is 0.00226. The number of hydrogen-bond donors (Lipinski definition) is 0. The molecule has 0 saturated heterocycles. The standard InChI is InChI=1S/C23H24N2O3/c1-17(26)22-5-4-14-24-23(22)25(15-18-6-10-20(27-2)11-7-18)16-19-8-12-21(28-3)13-9-19/h4-14H,15-16H2,1-3H3. The maximum atomic E-state index is 12.1. The number of ether oxygens (including phenoxy) is 2. The molecule has 1 aromatic heterocycles. The highest BCUT2D eigenvalue weighted by Crippen LogP contribution is 2.24. The van der Waals surface area contributed by atoms with Gasteiger partial charge in [-0.3, -0.25) is 4.79 Å². The molecule has 0 spiro atoms. The Morgan fingerprint density at radius 1 is 0.857 bits per heavy atom. The first-order valence-corrected chi connectivity index (χ1v) is 9.07. The number of benzene rings is 2. The van der Waals surface area contributed by atoms with E-state index in [0.29, 0.717) is 24.5 Å². The third kappa shape index (κ3) is 4.68. The summed E-state index contributed by atoms with van der Waals surface area (Å²) >= 11 is 0. The second kappa shape index (κ2) is 9.04. The highest BCUT2D eigenvalue weighted by molar-refractivity contribution is 5.98. The number of methoxy groups -OCH3 is 2. The van der Waals surface area contributed by atoms with Gasteiger partial charge in [-0.1, -0.05) is 24.3 Å². The van der Waals surface area contributed by atoms with Crippen LogP contribution >= 0.6 is 0 Å². The van der Waals surface area contributed by atoms with Gasteiger partial charge >= 0.3 is 0 Å². The van der Waals surface area contributed by atoms with E-state index in [9.17, 15) is 4.79 Å². The van der Waals surface area contributed by atoms with Crippen molar-refractivity contribution >= 4 is 11.6 Å². The van der Waals surface area contributed by atoms with Gasteiger partial charge in [-0.25, -0.2) is 4.98 Å². The van der Waals surface area contributed by atoms with Crippen LogP contribution in [0.3, 0.4) is 0 Å². The first-order valence-electron chi connectivity index (χ1n) is 9.07. The molecule has 0 aliphatic rings. The molecular formula is C23H24N2O3. The van der Waals surface area contributed by atoms with Gasteiger partial charge in [0.25, 0.3) is 0 Å². The quantitative estimate of drug-likeness (QED) is 0.542. The number of ketones is 1. The van der Waals surface area contributed by atoms with Gasteiger partial charge in [0.05, 0.1) is 19.8 Å². The van der Waals surface area contributed by atoms with Crippen molar-refractivity contribution in [2.75, 3.05) is 19.1 Å². The van der Waals surface area contributed by atoms with Gasteiger partial charge in [-0.2, -0.15) is 0 Å². The fourth-order valence-corrected chi connectivity index (χ4v) is 3.03. The topological polar surface area (TPSA) is 51.7 Å². The highest BCUT2D eigenvalue weighted by atomic mass is 16.5. The molecule has 5 nitrogen and oxygen atoms in total.